The number of fused-ring (bicyclic) bond motifs is 1. The maximum atomic E-state index is 12.4. The van der Waals surface area contributed by atoms with E-state index >= 15 is 0 Å². The lowest BCUT2D eigenvalue weighted by Crippen LogP contribution is -2.34. The van der Waals surface area contributed by atoms with Gasteiger partial charge in [0.25, 0.3) is 0 Å². The third-order valence-corrected chi connectivity index (χ3v) is 5.70. The topological polar surface area (TPSA) is 73.1 Å². The fraction of sp³-hybridized carbons (Fsp3) is 0.364. The monoisotopic (exact) mass is 377 g/mol. The van der Waals surface area contributed by atoms with Crippen molar-refractivity contribution >= 4 is 22.8 Å². The summed E-state index contributed by atoms with van der Waals surface area (Å²) >= 11 is 0. The standard InChI is InChI=1S/C22H27N5O/c1-15-16(2)21-20(24-14-25-21)10-19(15)26-22(28)23-11-18-8-9-27(13-18)12-17-6-4-3-5-7-17/h3-7,10,14,18H,8-9,11-13H2,1-2H3,(H,24,25)(H2,23,26,28)/t18-/m1/s1. The number of nitrogens with one attached hydrogen (secondary N) is 3. The van der Waals surface area contributed by atoms with Crippen molar-refractivity contribution in [1.82, 2.24) is 20.2 Å². The summed E-state index contributed by atoms with van der Waals surface area (Å²) in [5.74, 6) is 0.493. The molecule has 0 unspecified atom stereocenters. The number of imidazole rings is 1. The first-order valence-corrected chi connectivity index (χ1v) is 9.84. The summed E-state index contributed by atoms with van der Waals surface area (Å²) in [7, 11) is 0. The van der Waals surface area contributed by atoms with Crippen LogP contribution in [0.4, 0.5) is 10.5 Å². The summed E-state index contributed by atoms with van der Waals surface area (Å²) in [6.45, 7) is 7.82. The number of rotatable bonds is 5. The van der Waals surface area contributed by atoms with Gasteiger partial charge in [-0.3, -0.25) is 4.90 Å². The number of hydrogen-bond acceptors (Lipinski definition) is 3. The lowest BCUT2D eigenvalue weighted by Gasteiger charge is -2.17. The Labute approximate surface area is 165 Å². The zero-order valence-electron chi connectivity index (χ0n) is 16.5. The molecule has 1 saturated heterocycles. The van der Waals surface area contributed by atoms with Crippen LogP contribution in [0.5, 0.6) is 0 Å². The number of hydrogen-bond donors (Lipinski definition) is 3. The molecule has 6 heteroatoms. The molecule has 1 atom stereocenters. The molecule has 6 nitrogen and oxygen atoms in total. The molecule has 0 saturated carbocycles. The van der Waals surface area contributed by atoms with Crippen molar-refractivity contribution in [2.45, 2.75) is 26.8 Å². The van der Waals surface area contributed by atoms with Crippen LogP contribution in [0.25, 0.3) is 11.0 Å². The number of likely N-dealkylation sites (tertiary alicyclic amines) is 1. The number of aromatic nitrogens is 2. The van der Waals surface area contributed by atoms with Crippen molar-refractivity contribution in [2.75, 3.05) is 25.0 Å². The Kier molecular flexibility index (Phi) is 5.30. The van der Waals surface area contributed by atoms with E-state index in [-0.39, 0.29) is 6.03 Å². The molecule has 0 aliphatic carbocycles. The molecule has 2 aromatic carbocycles. The largest absolute Gasteiger partial charge is 0.345 e. The lowest BCUT2D eigenvalue weighted by atomic mass is 10.1. The Balaban J connectivity index is 1.29. The van der Waals surface area contributed by atoms with E-state index in [9.17, 15) is 4.79 Å². The zero-order valence-corrected chi connectivity index (χ0v) is 16.5. The molecule has 2 amide bonds. The smallest absolute Gasteiger partial charge is 0.319 e. The number of aromatic amines is 1. The Bertz CT molecular complexity index is 966. The molecule has 146 valence electrons. The maximum absolute atomic E-state index is 12.4. The van der Waals surface area contributed by atoms with E-state index in [1.807, 2.05) is 26.0 Å². The van der Waals surface area contributed by atoms with Gasteiger partial charge in [0.1, 0.15) is 0 Å². The van der Waals surface area contributed by atoms with Crippen molar-refractivity contribution in [3.63, 3.8) is 0 Å². The van der Waals surface area contributed by atoms with Crippen molar-refractivity contribution in [2.24, 2.45) is 5.92 Å². The van der Waals surface area contributed by atoms with Crippen molar-refractivity contribution in [3.8, 4) is 0 Å². The molecule has 0 spiro atoms. The van der Waals surface area contributed by atoms with E-state index < -0.39 is 0 Å². The SMILES string of the molecule is Cc1c(NC(=O)NC[C@H]2CCN(Cc3ccccc3)C2)cc2[nH]cnc2c1C. The first kappa shape index (κ1) is 18.5. The molecule has 0 bridgehead atoms. The summed E-state index contributed by atoms with van der Waals surface area (Å²) in [4.78, 5) is 22.3. The number of carbonyl (C=O) groups excluding carboxylic acids is 1. The van der Waals surface area contributed by atoms with Crippen molar-refractivity contribution < 1.29 is 4.79 Å². The highest BCUT2D eigenvalue weighted by Crippen LogP contribution is 2.26. The number of carbonyl (C=O) groups is 1. The highest BCUT2D eigenvalue weighted by atomic mass is 16.2. The summed E-state index contributed by atoms with van der Waals surface area (Å²) in [5.41, 5.74) is 6.18. The van der Waals surface area contributed by atoms with Gasteiger partial charge in [0.2, 0.25) is 0 Å². The van der Waals surface area contributed by atoms with Crippen LogP contribution in [0.3, 0.4) is 0 Å². The average molecular weight is 377 g/mol. The Morgan fingerprint density at radius 2 is 2.07 bits per heavy atom. The van der Waals surface area contributed by atoms with Gasteiger partial charge in [0.15, 0.2) is 0 Å². The Morgan fingerprint density at radius 1 is 1.25 bits per heavy atom. The van der Waals surface area contributed by atoms with Gasteiger partial charge in [-0.05, 0) is 55.5 Å². The molecular formula is C22H27N5O. The van der Waals surface area contributed by atoms with E-state index in [2.05, 4.69) is 49.8 Å². The maximum Gasteiger partial charge on any atom is 0.319 e. The highest BCUT2D eigenvalue weighted by molar-refractivity contribution is 5.94. The second kappa shape index (κ2) is 8.02. The van der Waals surface area contributed by atoms with Gasteiger partial charge in [0.05, 0.1) is 17.4 Å². The minimum absolute atomic E-state index is 0.150. The van der Waals surface area contributed by atoms with Gasteiger partial charge in [-0.15, -0.1) is 0 Å². The van der Waals surface area contributed by atoms with E-state index in [1.165, 1.54) is 5.56 Å². The third kappa shape index (κ3) is 4.02. The molecule has 1 fully saturated rings. The second-order valence-corrected chi connectivity index (χ2v) is 7.68. The van der Waals surface area contributed by atoms with Gasteiger partial charge in [-0.25, -0.2) is 9.78 Å². The van der Waals surface area contributed by atoms with E-state index in [0.29, 0.717) is 12.5 Å². The first-order valence-electron chi connectivity index (χ1n) is 9.84. The second-order valence-electron chi connectivity index (χ2n) is 7.68. The van der Waals surface area contributed by atoms with E-state index in [0.717, 1.165) is 53.9 Å². The number of H-pyrrole nitrogens is 1. The molecule has 3 N–H and O–H groups in total. The number of anilines is 1. The molecule has 2 heterocycles. The predicted molar refractivity (Wildman–Crippen MR) is 112 cm³/mol. The molecule has 0 radical (unpaired) electrons. The van der Waals surface area contributed by atoms with Crippen LogP contribution in [-0.4, -0.2) is 40.5 Å². The van der Waals surface area contributed by atoms with Gasteiger partial charge in [-0.1, -0.05) is 30.3 Å². The van der Waals surface area contributed by atoms with E-state index in [4.69, 9.17) is 0 Å². The molecular weight excluding hydrogens is 350 g/mol. The van der Waals surface area contributed by atoms with Crippen LogP contribution in [0.2, 0.25) is 0 Å². The number of urea groups is 1. The number of benzene rings is 2. The Morgan fingerprint density at radius 3 is 2.89 bits per heavy atom. The molecule has 3 aromatic rings. The molecule has 1 aliphatic rings. The minimum Gasteiger partial charge on any atom is -0.345 e. The van der Waals surface area contributed by atoms with Crippen LogP contribution in [0, 0.1) is 19.8 Å². The highest BCUT2D eigenvalue weighted by Gasteiger charge is 2.23. The number of amides is 2. The van der Waals surface area contributed by atoms with Crippen LogP contribution in [0.15, 0.2) is 42.7 Å². The predicted octanol–water partition coefficient (Wildman–Crippen LogP) is 3.82. The van der Waals surface area contributed by atoms with E-state index in [1.54, 1.807) is 6.33 Å². The van der Waals surface area contributed by atoms with Crippen LogP contribution in [-0.2, 0) is 6.54 Å². The van der Waals surface area contributed by atoms with Crippen molar-refractivity contribution in [3.05, 3.63) is 59.4 Å². The zero-order chi connectivity index (χ0) is 19.5. The van der Waals surface area contributed by atoms with Crippen molar-refractivity contribution in [1.29, 1.82) is 0 Å². The Hall–Kier alpha value is -2.86. The normalized spacial score (nSPS) is 17.1. The summed E-state index contributed by atoms with van der Waals surface area (Å²) in [6, 6.07) is 12.3. The molecule has 1 aliphatic heterocycles. The third-order valence-electron chi connectivity index (χ3n) is 5.70. The van der Waals surface area contributed by atoms with Gasteiger partial charge in [-0.2, -0.15) is 0 Å². The van der Waals surface area contributed by atoms with Crippen LogP contribution in [0.1, 0.15) is 23.1 Å². The van der Waals surface area contributed by atoms with Gasteiger partial charge in [0, 0.05) is 25.3 Å². The fourth-order valence-electron chi connectivity index (χ4n) is 3.94. The lowest BCUT2D eigenvalue weighted by molar-refractivity contribution is 0.249. The quantitative estimate of drug-likeness (QED) is 0.633. The fourth-order valence-corrected chi connectivity index (χ4v) is 3.94. The number of nitrogens with zero attached hydrogens (tertiary/aromatic N) is 2. The van der Waals surface area contributed by atoms with Crippen LogP contribution >= 0.6 is 0 Å². The van der Waals surface area contributed by atoms with Crippen LogP contribution < -0.4 is 10.6 Å². The summed E-state index contributed by atoms with van der Waals surface area (Å²) in [5, 5.41) is 6.04. The first-order chi connectivity index (χ1) is 13.6. The van der Waals surface area contributed by atoms with Gasteiger partial charge < -0.3 is 15.6 Å². The molecule has 1 aromatic heterocycles. The minimum atomic E-state index is -0.150. The summed E-state index contributed by atoms with van der Waals surface area (Å²) < 4.78 is 0. The average Bonchev–Trinajstić information content (AvgIpc) is 3.34. The van der Waals surface area contributed by atoms with Gasteiger partial charge >= 0.3 is 6.03 Å². The number of aryl methyl sites for hydroxylation is 1. The summed E-state index contributed by atoms with van der Waals surface area (Å²) in [6.07, 6.45) is 2.80. The molecule has 4 rings (SSSR count). The molecule has 28 heavy (non-hydrogen) atoms.